The number of carboxylic acid groups (broad SMARTS) is 1. The van der Waals surface area contributed by atoms with Crippen molar-refractivity contribution in [2.75, 3.05) is 0 Å². The lowest BCUT2D eigenvalue weighted by Crippen LogP contribution is -2.36. The van der Waals surface area contributed by atoms with E-state index in [0.29, 0.717) is 0 Å². The number of carboxylic acids is 1. The monoisotopic (exact) mass is 161 g/mol. The molecule has 4 nitrogen and oxygen atoms in total. The standard InChI is InChI=1S/C5H9NO3.C2H6/c1-3(5(8)9)6-4(2)7;1-2/h3H,1-2H3,(H,6,7)(H,8,9);1-2H3. The van der Waals surface area contributed by atoms with Crippen molar-refractivity contribution >= 4 is 11.9 Å². The van der Waals surface area contributed by atoms with Crippen LogP contribution in [0.15, 0.2) is 0 Å². The maximum Gasteiger partial charge on any atom is 0.325 e. The van der Waals surface area contributed by atoms with Crippen LogP contribution in [-0.4, -0.2) is 23.0 Å². The molecule has 0 fully saturated rings. The molecular formula is C7H15NO3. The summed E-state index contributed by atoms with van der Waals surface area (Å²) >= 11 is 0. The number of hydrogen-bond donors (Lipinski definition) is 2. The summed E-state index contributed by atoms with van der Waals surface area (Å²) in [6.07, 6.45) is 0. The van der Waals surface area contributed by atoms with Gasteiger partial charge in [0.2, 0.25) is 5.91 Å². The van der Waals surface area contributed by atoms with E-state index in [-0.39, 0.29) is 5.91 Å². The molecule has 1 amide bonds. The average Bonchev–Trinajstić information content (AvgIpc) is 1.90. The molecule has 0 aliphatic heterocycles. The lowest BCUT2D eigenvalue weighted by molar-refractivity contribution is -0.140. The SMILES string of the molecule is CC.CC(=O)NC(C)C(=O)O. The van der Waals surface area contributed by atoms with Crippen molar-refractivity contribution in [3.63, 3.8) is 0 Å². The molecule has 0 heterocycles. The molecule has 0 aromatic carbocycles. The minimum Gasteiger partial charge on any atom is -0.480 e. The molecule has 0 bridgehead atoms. The Morgan fingerprint density at radius 1 is 1.36 bits per heavy atom. The molecule has 0 aromatic heterocycles. The molecule has 4 heteroatoms. The van der Waals surface area contributed by atoms with Crippen molar-refractivity contribution in [1.29, 1.82) is 0 Å². The van der Waals surface area contributed by atoms with E-state index in [4.69, 9.17) is 5.11 Å². The summed E-state index contributed by atoms with van der Waals surface area (Å²) in [4.78, 5) is 20.2. The number of amides is 1. The Kier molecular flexibility index (Phi) is 8.08. The van der Waals surface area contributed by atoms with Crippen molar-refractivity contribution in [1.82, 2.24) is 5.32 Å². The van der Waals surface area contributed by atoms with E-state index in [9.17, 15) is 9.59 Å². The zero-order chi connectivity index (χ0) is 9.44. The van der Waals surface area contributed by atoms with Crippen LogP contribution in [0.1, 0.15) is 27.7 Å². The third-order valence-electron chi connectivity index (χ3n) is 0.790. The number of rotatable bonds is 2. The number of hydrogen-bond acceptors (Lipinski definition) is 2. The van der Waals surface area contributed by atoms with Crippen molar-refractivity contribution in [3.05, 3.63) is 0 Å². The third kappa shape index (κ3) is 8.94. The summed E-state index contributed by atoms with van der Waals surface area (Å²) in [7, 11) is 0. The number of nitrogens with one attached hydrogen (secondary N) is 1. The Balaban J connectivity index is 0. The highest BCUT2D eigenvalue weighted by atomic mass is 16.4. The summed E-state index contributed by atoms with van der Waals surface area (Å²) in [5.74, 6) is -1.35. The zero-order valence-corrected chi connectivity index (χ0v) is 7.34. The first-order valence-corrected chi connectivity index (χ1v) is 3.54. The summed E-state index contributed by atoms with van der Waals surface area (Å²) < 4.78 is 0. The molecule has 11 heavy (non-hydrogen) atoms. The lowest BCUT2D eigenvalue weighted by atomic mass is 10.3. The number of carbonyl (C=O) groups excluding carboxylic acids is 1. The van der Waals surface area contributed by atoms with Crippen LogP contribution in [-0.2, 0) is 9.59 Å². The first-order chi connectivity index (χ1) is 5.04. The highest BCUT2D eigenvalue weighted by molar-refractivity contribution is 5.81. The molecule has 0 spiro atoms. The topological polar surface area (TPSA) is 66.4 Å². The first kappa shape index (κ1) is 12.6. The van der Waals surface area contributed by atoms with Gasteiger partial charge in [-0.2, -0.15) is 0 Å². The summed E-state index contributed by atoms with van der Waals surface area (Å²) in [5.41, 5.74) is 0. The second-order valence-corrected chi connectivity index (χ2v) is 1.76. The molecular weight excluding hydrogens is 146 g/mol. The van der Waals surface area contributed by atoms with Crippen LogP contribution in [0.4, 0.5) is 0 Å². The Morgan fingerprint density at radius 3 is 1.82 bits per heavy atom. The van der Waals surface area contributed by atoms with Gasteiger partial charge in [-0.3, -0.25) is 9.59 Å². The van der Waals surface area contributed by atoms with E-state index in [1.165, 1.54) is 13.8 Å². The largest absolute Gasteiger partial charge is 0.480 e. The normalized spacial score (nSPS) is 10.5. The summed E-state index contributed by atoms with van der Waals surface area (Å²) in [6.45, 7) is 6.68. The molecule has 1 atom stereocenters. The molecule has 0 aromatic rings. The average molecular weight is 161 g/mol. The van der Waals surface area contributed by atoms with Crippen molar-refractivity contribution in [3.8, 4) is 0 Å². The van der Waals surface area contributed by atoms with Crippen LogP contribution in [0.2, 0.25) is 0 Å². The Labute approximate surface area is 66.6 Å². The fourth-order valence-corrected chi connectivity index (χ4v) is 0.367. The quantitative estimate of drug-likeness (QED) is 0.624. The van der Waals surface area contributed by atoms with Crippen LogP contribution in [0.5, 0.6) is 0 Å². The van der Waals surface area contributed by atoms with Gasteiger partial charge < -0.3 is 10.4 Å². The van der Waals surface area contributed by atoms with E-state index in [0.717, 1.165) is 0 Å². The highest BCUT2D eigenvalue weighted by Gasteiger charge is 2.09. The van der Waals surface area contributed by atoms with Crippen LogP contribution in [0.3, 0.4) is 0 Å². The maximum atomic E-state index is 10.2. The maximum absolute atomic E-state index is 10.2. The van der Waals surface area contributed by atoms with Gasteiger partial charge in [-0.25, -0.2) is 0 Å². The summed E-state index contributed by atoms with van der Waals surface area (Å²) in [6, 6.07) is -0.789. The highest BCUT2D eigenvalue weighted by Crippen LogP contribution is 1.78. The van der Waals surface area contributed by atoms with E-state index >= 15 is 0 Å². The van der Waals surface area contributed by atoms with Gasteiger partial charge in [-0.15, -0.1) is 0 Å². The predicted molar refractivity (Wildman–Crippen MR) is 42.3 cm³/mol. The minimum absolute atomic E-state index is 0.329. The molecule has 1 unspecified atom stereocenters. The van der Waals surface area contributed by atoms with Crippen LogP contribution in [0, 0.1) is 0 Å². The Morgan fingerprint density at radius 2 is 1.73 bits per heavy atom. The predicted octanol–water partition coefficient (Wildman–Crippen LogP) is 0.622. The van der Waals surface area contributed by atoms with Crippen LogP contribution < -0.4 is 5.32 Å². The fourth-order valence-electron chi connectivity index (χ4n) is 0.367. The molecule has 0 aliphatic rings. The van der Waals surface area contributed by atoms with Gasteiger partial charge in [0.1, 0.15) is 6.04 Å². The van der Waals surface area contributed by atoms with E-state index in [1.54, 1.807) is 0 Å². The number of carbonyl (C=O) groups is 2. The van der Waals surface area contributed by atoms with Gasteiger partial charge in [-0.1, -0.05) is 13.8 Å². The van der Waals surface area contributed by atoms with Crippen LogP contribution in [0.25, 0.3) is 0 Å². The molecule has 0 aliphatic carbocycles. The molecule has 0 saturated carbocycles. The summed E-state index contributed by atoms with van der Waals surface area (Å²) in [5, 5.41) is 10.4. The Hall–Kier alpha value is -1.06. The number of aliphatic carboxylic acids is 1. The third-order valence-corrected chi connectivity index (χ3v) is 0.790. The van der Waals surface area contributed by atoms with Crippen molar-refractivity contribution in [2.45, 2.75) is 33.7 Å². The molecule has 0 rings (SSSR count). The molecule has 0 radical (unpaired) electrons. The second-order valence-electron chi connectivity index (χ2n) is 1.76. The molecule has 66 valence electrons. The van der Waals surface area contributed by atoms with E-state index in [2.05, 4.69) is 5.32 Å². The van der Waals surface area contributed by atoms with Gasteiger partial charge in [0.25, 0.3) is 0 Å². The Bertz CT molecular complexity index is 134. The smallest absolute Gasteiger partial charge is 0.325 e. The van der Waals surface area contributed by atoms with Crippen molar-refractivity contribution < 1.29 is 14.7 Å². The van der Waals surface area contributed by atoms with Crippen LogP contribution >= 0.6 is 0 Å². The zero-order valence-electron chi connectivity index (χ0n) is 7.34. The first-order valence-electron chi connectivity index (χ1n) is 3.54. The molecule has 0 saturated heterocycles. The van der Waals surface area contributed by atoms with Gasteiger partial charge in [0.05, 0.1) is 0 Å². The minimum atomic E-state index is -1.02. The van der Waals surface area contributed by atoms with Gasteiger partial charge >= 0.3 is 5.97 Å². The van der Waals surface area contributed by atoms with Crippen molar-refractivity contribution in [2.24, 2.45) is 0 Å². The van der Waals surface area contributed by atoms with Gasteiger partial charge in [0, 0.05) is 6.92 Å². The van der Waals surface area contributed by atoms with E-state index in [1.807, 2.05) is 13.8 Å². The molecule has 2 N–H and O–H groups in total. The lowest BCUT2D eigenvalue weighted by Gasteiger charge is -2.04. The fraction of sp³-hybridized carbons (Fsp3) is 0.714. The second kappa shape index (κ2) is 7.05. The van der Waals surface area contributed by atoms with Gasteiger partial charge in [-0.05, 0) is 6.92 Å². The van der Waals surface area contributed by atoms with E-state index < -0.39 is 12.0 Å². The van der Waals surface area contributed by atoms with Gasteiger partial charge in [0.15, 0.2) is 0 Å².